The Balaban J connectivity index is 1.01. The molecule has 1 amide bonds. The van der Waals surface area contributed by atoms with Gasteiger partial charge in [0, 0.05) is 43.9 Å². The summed E-state index contributed by atoms with van der Waals surface area (Å²) in [5, 5.41) is 19.8. The summed E-state index contributed by atoms with van der Waals surface area (Å²) < 4.78 is 34.5. The number of nitrogens with zero attached hydrogens (tertiary/aromatic N) is 5. The van der Waals surface area contributed by atoms with E-state index in [1.807, 2.05) is 18.2 Å². The molecule has 6 rings (SSSR count). The van der Waals surface area contributed by atoms with Crippen molar-refractivity contribution in [1.82, 2.24) is 24.6 Å². The number of carbonyl (C=O) groups excluding carboxylic acids is 1. The van der Waals surface area contributed by atoms with E-state index in [9.17, 15) is 18.7 Å². The van der Waals surface area contributed by atoms with Crippen LogP contribution in [0.5, 0.6) is 5.75 Å². The zero-order valence-electron chi connectivity index (χ0n) is 21.6. The van der Waals surface area contributed by atoms with E-state index in [1.165, 1.54) is 29.3 Å². The van der Waals surface area contributed by atoms with Crippen LogP contribution >= 0.6 is 0 Å². The number of aliphatic hydroxyl groups excluding tert-OH is 1. The van der Waals surface area contributed by atoms with E-state index in [-0.39, 0.29) is 12.2 Å². The number of piperidine rings is 1. The number of nitrogens with one attached hydrogen (secondary N) is 2. The summed E-state index contributed by atoms with van der Waals surface area (Å²) in [7, 11) is 0. The van der Waals surface area contributed by atoms with Crippen molar-refractivity contribution in [3.05, 3.63) is 66.8 Å². The van der Waals surface area contributed by atoms with Gasteiger partial charge in [0.15, 0.2) is 11.6 Å². The minimum atomic E-state index is -1.11. The number of likely N-dealkylation sites (tertiary alicyclic amines) is 1. The first-order valence-corrected chi connectivity index (χ1v) is 13.2. The summed E-state index contributed by atoms with van der Waals surface area (Å²) in [6.07, 6.45) is 5.53. The standard InChI is InChI=1S/C28H29F2N7O3/c29-23-3-1-4-24(27(23)30)35-26(39)14-37-11-17(10-33-37)34-28-19-6-5-18(9-25(19)31-16-32-28)40-8-2-7-36-12-20-21(13-36)22(20)15-38/h1,3-6,9-11,16,20-22,38H,2,7-8,12-15H2,(H,35,39)(H,31,32,34)/t20-,21+,22+. The first kappa shape index (κ1) is 26.1. The highest BCUT2D eigenvalue weighted by atomic mass is 19.2. The molecule has 1 saturated heterocycles. The molecule has 12 heteroatoms. The van der Waals surface area contributed by atoms with Crippen LogP contribution in [0.4, 0.5) is 26.0 Å². The minimum absolute atomic E-state index is 0.190. The highest BCUT2D eigenvalue weighted by molar-refractivity contribution is 5.92. The third-order valence-electron chi connectivity index (χ3n) is 7.58. The maximum absolute atomic E-state index is 13.8. The van der Waals surface area contributed by atoms with Gasteiger partial charge in [-0.3, -0.25) is 9.48 Å². The van der Waals surface area contributed by atoms with Crippen LogP contribution in [0.3, 0.4) is 0 Å². The molecular weight excluding hydrogens is 520 g/mol. The monoisotopic (exact) mass is 549 g/mol. The van der Waals surface area contributed by atoms with Gasteiger partial charge in [-0.05, 0) is 48.4 Å². The van der Waals surface area contributed by atoms with Crippen molar-refractivity contribution >= 4 is 34.0 Å². The molecule has 3 heterocycles. The van der Waals surface area contributed by atoms with Gasteiger partial charge in [0.1, 0.15) is 24.4 Å². The lowest BCUT2D eigenvalue weighted by molar-refractivity contribution is -0.116. The van der Waals surface area contributed by atoms with Gasteiger partial charge >= 0.3 is 0 Å². The van der Waals surface area contributed by atoms with E-state index in [0.29, 0.717) is 48.0 Å². The average molecular weight is 550 g/mol. The first-order valence-electron chi connectivity index (χ1n) is 13.2. The zero-order chi connectivity index (χ0) is 27.6. The Hall–Kier alpha value is -4.16. The second kappa shape index (κ2) is 11.1. The molecule has 10 nitrogen and oxygen atoms in total. The van der Waals surface area contributed by atoms with Crippen LogP contribution in [-0.2, 0) is 11.3 Å². The van der Waals surface area contributed by atoms with E-state index in [4.69, 9.17) is 4.74 Å². The van der Waals surface area contributed by atoms with Crippen LogP contribution in [0.2, 0.25) is 0 Å². The fourth-order valence-electron chi connectivity index (χ4n) is 5.48. The number of halogens is 2. The molecule has 2 aromatic carbocycles. The Morgan fingerprint density at radius 2 is 2.00 bits per heavy atom. The molecule has 40 heavy (non-hydrogen) atoms. The number of aromatic nitrogens is 4. The van der Waals surface area contributed by atoms with Crippen LogP contribution in [0.15, 0.2) is 55.1 Å². The fraction of sp³-hybridized carbons (Fsp3) is 0.357. The van der Waals surface area contributed by atoms with Gasteiger partial charge in [0.2, 0.25) is 5.91 Å². The normalized spacial score (nSPS) is 19.9. The Morgan fingerprint density at radius 1 is 1.15 bits per heavy atom. The topological polar surface area (TPSA) is 117 Å². The fourth-order valence-corrected chi connectivity index (χ4v) is 5.48. The maximum atomic E-state index is 13.8. The van der Waals surface area contributed by atoms with Crippen molar-refractivity contribution in [2.24, 2.45) is 17.8 Å². The molecule has 0 unspecified atom stereocenters. The van der Waals surface area contributed by atoms with Crippen molar-refractivity contribution in [3.63, 3.8) is 0 Å². The Morgan fingerprint density at radius 3 is 2.83 bits per heavy atom. The minimum Gasteiger partial charge on any atom is -0.493 e. The van der Waals surface area contributed by atoms with Crippen molar-refractivity contribution in [2.75, 3.05) is 43.5 Å². The lowest BCUT2D eigenvalue weighted by atomic mass is 10.2. The lowest BCUT2D eigenvalue weighted by Gasteiger charge is -2.18. The van der Waals surface area contributed by atoms with Gasteiger partial charge < -0.3 is 25.4 Å². The van der Waals surface area contributed by atoms with Crippen LogP contribution in [-0.4, -0.2) is 68.5 Å². The molecule has 3 N–H and O–H groups in total. The molecule has 2 aromatic heterocycles. The van der Waals surface area contributed by atoms with Crippen LogP contribution < -0.4 is 15.4 Å². The second-order valence-corrected chi connectivity index (χ2v) is 10.2. The molecule has 1 aliphatic heterocycles. The molecule has 1 saturated carbocycles. The van der Waals surface area contributed by atoms with Crippen molar-refractivity contribution in [3.8, 4) is 5.75 Å². The summed E-state index contributed by atoms with van der Waals surface area (Å²) >= 11 is 0. The highest BCUT2D eigenvalue weighted by Gasteiger charge is 2.54. The van der Waals surface area contributed by atoms with Crippen LogP contribution in [0, 0.1) is 29.4 Å². The Bertz CT molecular complexity index is 1520. The third kappa shape index (κ3) is 5.58. The highest BCUT2D eigenvalue weighted by Crippen LogP contribution is 2.51. The number of benzene rings is 2. The average Bonchev–Trinajstić information content (AvgIpc) is 3.22. The zero-order valence-corrected chi connectivity index (χ0v) is 21.6. The number of rotatable bonds is 11. The number of amides is 1. The largest absolute Gasteiger partial charge is 0.493 e. The van der Waals surface area contributed by atoms with E-state index < -0.39 is 17.5 Å². The maximum Gasteiger partial charge on any atom is 0.246 e. The summed E-state index contributed by atoms with van der Waals surface area (Å²) in [5.74, 6) is 0.484. The molecule has 4 aromatic rings. The second-order valence-electron chi connectivity index (χ2n) is 10.2. The van der Waals surface area contributed by atoms with Crippen molar-refractivity contribution in [2.45, 2.75) is 13.0 Å². The summed E-state index contributed by atoms with van der Waals surface area (Å²) in [4.78, 5) is 23.5. The third-order valence-corrected chi connectivity index (χ3v) is 7.58. The molecule has 0 spiro atoms. The molecule has 3 atom stereocenters. The number of carbonyl (C=O) groups is 1. The van der Waals surface area contributed by atoms with Crippen LogP contribution in [0.1, 0.15) is 6.42 Å². The van der Waals surface area contributed by atoms with Crippen molar-refractivity contribution in [1.29, 1.82) is 0 Å². The number of aliphatic hydroxyl groups is 1. The Labute approximate surface area is 229 Å². The molecule has 0 radical (unpaired) electrons. The SMILES string of the molecule is O=C(Cn1cc(Nc2ncnc3cc(OCCCN4C[C@@H]5[C@@H](CO)[C@@H]5C4)ccc23)cn1)Nc1cccc(F)c1F. The van der Waals surface area contributed by atoms with Gasteiger partial charge in [0.25, 0.3) is 0 Å². The smallest absolute Gasteiger partial charge is 0.246 e. The van der Waals surface area contributed by atoms with Gasteiger partial charge in [-0.1, -0.05) is 6.07 Å². The number of hydrogen-bond donors (Lipinski definition) is 3. The number of fused-ring (bicyclic) bond motifs is 2. The molecular formula is C28H29F2N7O3. The van der Waals surface area contributed by atoms with Gasteiger partial charge in [-0.2, -0.15) is 5.10 Å². The number of hydrogen-bond acceptors (Lipinski definition) is 8. The van der Waals surface area contributed by atoms with Crippen LogP contribution in [0.25, 0.3) is 10.9 Å². The molecule has 0 bridgehead atoms. The number of anilines is 3. The predicted molar refractivity (Wildman–Crippen MR) is 144 cm³/mol. The van der Waals surface area contributed by atoms with Gasteiger partial charge in [-0.15, -0.1) is 0 Å². The number of ether oxygens (including phenoxy) is 1. The van der Waals surface area contributed by atoms with E-state index in [2.05, 4.69) is 30.6 Å². The summed E-state index contributed by atoms with van der Waals surface area (Å²) in [6, 6.07) is 9.23. The predicted octanol–water partition coefficient (Wildman–Crippen LogP) is 3.43. The van der Waals surface area contributed by atoms with E-state index in [1.54, 1.807) is 6.20 Å². The molecule has 2 aliphatic rings. The first-order chi connectivity index (χ1) is 19.5. The van der Waals surface area contributed by atoms with Crippen molar-refractivity contribution < 1.29 is 23.4 Å². The molecule has 2 fully saturated rings. The van der Waals surface area contributed by atoms with E-state index >= 15 is 0 Å². The summed E-state index contributed by atoms with van der Waals surface area (Å²) in [6.45, 7) is 3.89. The Kier molecular flexibility index (Phi) is 7.27. The lowest BCUT2D eigenvalue weighted by Crippen LogP contribution is -2.27. The van der Waals surface area contributed by atoms with Gasteiger partial charge in [0.05, 0.1) is 29.7 Å². The van der Waals surface area contributed by atoms with E-state index in [0.717, 1.165) is 43.3 Å². The quantitative estimate of drug-likeness (QED) is 0.244. The molecule has 1 aliphatic carbocycles. The molecule has 208 valence electrons. The van der Waals surface area contributed by atoms with Gasteiger partial charge in [-0.25, -0.2) is 18.7 Å². The summed E-state index contributed by atoms with van der Waals surface area (Å²) in [5.41, 5.74) is 1.08.